The number of pyridine rings is 2. The fourth-order valence-electron chi connectivity index (χ4n) is 3.66. The Labute approximate surface area is 199 Å². The van der Waals surface area contributed by atoms with Gasteiger partial charge in [0.05, 0.1) is 17.7 Å². The van der Waals surface area contributed by atoms with Crippen molar-refractivity contribution in [2.24, 2.45) is 0 Å². The Bertz CT molecular complexity index is 1170. The van der Waals surface area contributed by atoms with Crippen molar-refractivity contribution < 1.29 is 31.1 Å². The molecule has 2 aromatic heterocycles. The minimum Gasteiger partial charge on any atom is -0.383 e. The molecule has 0 saturated heterocycles. The van der Waals surface area contributed by atoms with Gasteiger partial charge < -0.3 is 13.9 Å². The van der Waals surface area contributed by atoms with Crippen molar-refractivity contribution in [2.75, 3.05) is 13.7 Å². The van der Waals surface area contributed by atoms with Crippen LogP contribution >= 0.6 is 0 Å². The second-order valence-corrected chi connectivity index (χ2v) is 10.2. The van der Waals surface area contributed by atoms with Gasteiger partial charge in [-0.3, -0.25) is 9.59 Å². The number of hydrogen-bond acceptors (Lipinski definition) is 3. The lowest BCUT2D eigenvalue weighted by atomic mass is 9.81. The molecule has 2 aromatic rings. The molecule has 196 valence electrons. The van der Waals surface area contributed by atoms with Gasteiger partial charge in [0.25, 0.3) is 11.1 Å². The van der Waals surface area contributed by atoms with E-state index >= 15 is 0 Å². The molecule has 35 heavy (non-hydrogen) atoms. The maximum atomic E-state index is 13.5. The fraction of sp³-hybridized carbons (Fsp3) is 0.583. The maximum absolute atomic E-state index is 13.5. The van der Waals surface area contributed by atoms with Gasteiger partial charge in [-0.1, -0.05) is 34.6 Å². The summed E-state index contributed by atoms with van der Waals surface area (Å²) in [4.78, 5) is 25.9. The van der Waals surface area contributed by atoms with Crippen LogP contribution in [0.25, 0.3) is 0 Å². The van der Waals surface area contributed by atoms with E-state index in [4.69, 9.17) is 4.74 Å². The van der Waals surface area contributed by atoms with Gasteiger partial charge in [-0.25, -0.2) is 0 Å². The molecule has 0 aliphatic rings. The second-order valence-electron chi connectivity index (χ2n) is 10.2. The fourth-order valence-corrected chi connectivity index (χ4v) is 3.66. The Hall–Kier alpha value is -2.56. The number of nitrogens with zero attached hydrogens (tertiary/aromatic N) is 2. The summed E-state index contributed by atoms with van der Waals surface area (Å²) in [6.45, 7) is 7.56. The summed E-state index contributed by atoms with van der Waals surface area (Å²) in [6, 6.07) is 1.59. The highest BCUT2D eigenvalue weighted by Gasteiger charge is 2.36. The van der Waals surface area contributed by atoms with Crippen molar-refractivity contribution in [3.63, 3.8) is 0 Å². The molecule has 0 amide bonds. The minimum atomic E-state index is -4.72. The van der Waals surface area contributed by atoms with Crippen molar-refractivity contribution in [1.82, 2.24) is 9.13 Å². The Morgan fingerprint density at radius 3 is 1.60 bits per heavy atom. The summed E-state index contributed by atoms with van der Waals surface area (Å²) in [5.74, 6) is 0. The number of hydrogen-bond donors (Lipinski definition) is 0. The van der Waals surface area contributed by atoms with Gasteiger partial charge in [0.1, 0.15) is 0 Å². The summed E-state index contributed by atoms with van der Waals surface area (Å²) in [6.07, 6.45) is -8.04. The maximum Gasteiger partial charge on any atom is 0.417 e. The molecule has 0 N–H and O–H groups in total. The first-order valence-electron chi connectivity index (χ1n) is 10.9. The monoisotopic (exact) mass is 508 g/mol. The van der Waals surface area contributed by atoms with Crippen molar-refractivity contribution >= 4 is 0 Å². The van der Waals surface area contributed by atoms with Crippen molar-refractivity contribution in [3.8, 4) is 0 Å². The van der Waals surface area contributed by atoms with Crippen LogP contribution < -0.4 is 11.1 Å². The molecular weight excluding hydrogens is 478 g/mol. The largest absolute Gasteiger partial charge is 0.417 e. The predicted molar refractivity (Wildman–Crippen MR) is 120 cm³/mol. The summed E-state index contributed by atoms with van der Waals surface area (Å²) in [7, 11) is 1.35. The first-order valence-corrected chi connectivity index (χ1v) is 10.9. The summed E-state index contributed by atoms with van der Waals surface area (Å²) in [5, 5.41) is 0. The average molecular weight is 509 g/mol. The van der Waals surface area contributed by atoms with Crippen LogP contribution in [-0.2, 0) is 41.0 Å². The topological polar surface area (TPSA) is 53.2 Å². The van der Waals surface area contributed by atoms with E-state index in [1.165, 1.54) is 21.0 Å². The van der Waals surface area contributed by atoms with Gasteiger partial charge in [-0.15, -0.1) is 0 Å². The third-order valence-electron chi connectivity index (χ3n) is 5.88. The highest BCUT2D eigenvalue weighted by atomic mass is 19.4. The molecule has 0 aliphatic carbocycles. The van der Waals surface area contributed by atoms with Gasteiger partial charge in [-0.05, 0) is 29.4 Å². The standard InChI is InChI=1S/C24H30F6N2O3/c1-21(2,3)17-11-15(23(25,26)27)13-31(19(17)33)8-7-22(4,5)18-12-16(24(28,29)30)14-32(20(18)34)9-10-35-6/h11-14H,7-10H2,1-6H3. The molecule has 0 atom stereocenters. The van der Waals surface area contributed by atoms with Crippen LogP contribution in [0.4, 0.5) is 26.3 Å². The molecule has 0 spiro atoms. The number of aryl methyl sites for hydroxylation is 1. The molecule has 0 unspecified atom stereocenters. The summed E-state index contributed by atoms with van der Waals surface area (Å²) < 4.78 is 87.7. The molecule has 2 rings (SSSR count). The van der Waals surface area contributed by atoms with Crippen LogP contribution in [0.1, 0.15) is 63.3 Å². The van der Waals surface area contributed by atoms with Crippen LogP contribution in [0.3, 0.4) is 0 Å². The normalized spacial score (nSPS) is 13.4. The second kappa shape index (κ2) is 9.83. The third-order valence-corrected chi connectivity index (χ3v) is 5.88. The van der Waals surface area contributed by atoms with Gasteiger partial charge in [0, 0.05) is 43.7 Å². The molecule has 11 heteroatoms. The Morgan fingerprint density at radius 2 is 1.17 bits per heavy atom. The Balaban J connectivity index is 2.56. The lowest BCUT2D eigenvalue weighted by molar-refractivity contribution is -0.139. The highest BCUT2D eigenvalue weighted by molar-refractivity contribution is 5.29. The number of ether oxygens (including phenoxy) is 1. The summed E-state index contributed by atoms with van der Waals surface area (Å²) >= 11 is 0. The lowest BCUT2D eigenvalue weighted by Gasteiger charge is -2.28. The summed E-state index contributed by atoms with van der Waals surface area (Å²) in [5.41, 5.74) is -5.56. The van der Waals surface area contributed by atoms with Crippen molar-refractivity contribution in [1.29, 1.82) is 0 Å². The van der Waals surface area contributed by atoms with E-state index < -0.39 is 45.4 Å². The van der Waals surface area contributed by atoms with Crippen molar-refractivity contribution in [3.05, 3.63) is 67.5 Å². The van der Waals surface area contributed by atoms with E-state index in [2.05, 4.69) is 0 Å². The molecule has 0 saturated carbocycles. The quantitative estimate of drug-likeness (QED) is 0.474. The van der Waals surface area contributed by atoms with Crippen molar-refractivity contribution in [2.45, 2.75) is 77.3 Å². The Morgan fingerprint density at radius 1 is 0.743 bits per heavy atom. The van der Waals surface area contributed by atoms with Crippen LogP contribution in [0.15, 0.2) is 34.1 Å². The molecular formula is C24H30F6N2O3. The van der Waals surface area contributed by atoms with Crippen LogP contribution in [-0.4, -0.2) is 22.9 Å². The number of rotatable bonds is 7. The van der Waals surface area contributed by atoms with Crippen LogP contribution in [0.2, 0.25) is 0 Å². The molecule has 0 bridgehead atoms. The smallest absolute Gasteiger partial charge is 0.383 e. The minimum absolute atomic E-state index is 0.0102. The zero-order chi connectivity index (χ0) is 27.0. The highest BCUT2D eigenvalue weighted by Crippen LogP contribution is 2.34. The van der Waals surface area contributed by atoms with Crippen LogP contribution in [0, 0.1) is 0 Å². The van der Waals surface area contributed by atoms with Gasteiger partial charge in [0.2, 0.25) is 0 Å². The van der Waals surface area contributed by atoms with E-state index in [-0.39, 0.29) is 37.2 Å². The van der Waals surface area contributed by atoms with E-state index in [0.29, 0.717) is 12.4 Å². The number of alkyl halides is 6. The average Bonchev–Trinajstić information content (AvgIpc) is 2.69. The van der Waals surface area contributed by atoms with E-state index in [1.807, 2.05) is 0 Å². The lowest BCUT2D eigenvalue weighted by Crippen LogP contribution is -2.36. The molecule has 0 aliphatic heterocycles. The van der Waals surface area contributed by atoms with Gasteiger partial charge in [0.15, 0.2) is 0 Å². The molecule has 0 radical (unpaired) electrons. The zero-order valence-electron chi connectivity index (χ0n) is 20.5. The van der Waals surface area contributed by atoms with Gasteiger partial charge in [-0.2, -0.15) is 26.3 Å². The predicted octanol–water partition coefficient (Wildman–Crippen LogP) is 5.36. The van der Waals surface area contributed by atoms with Crippen LogP contribution in [0.5, 0.6) is 0 Å². The van der Waals surface area contributed by atoms with Gasteiger partial charge >= 0.3 is 12.4 Å². The molecule has 0 aromatic carbocycles. The van der Waals surface area contributed by atoms with E-state index in [0.717, 1.165) is 21.3 Å². The molecule has 5 nitrogen and oxygen atoms in total. The number of halogens is 6. The number of aromatic nitrogens is 2. The third kappa shape index (κ3) is 6.77. The zero-order valence-corrected chi connectivity index (χ0v) is 20.5. The number of methoxy groups -OCH3 is 1. The van der Waals surface area contributed by atoms with E-state index in [9.17, 15) is 35.9 Å². The molecule has 0 fully saturated rings. The molecule has 2 heterocycles. The first kappa shape index (κ1) is 28.7. The first-order chi connectivity index (χ1) is 15.8. The van der Waals surface area contributed by atoms with E-state index in [1.54, 1.807) is 20.8 Å². The SMILES string of the molecule is COCCn1cc(C(F)(F)F)cc(C(C)(C)CCn2cc(C(F)(F)F)cc(C(C)(C)C)c2=O)c1=O. The Kier molecular flexibility index (Phi) is 8.05.